The number of carbonyl (C=O) groups is 1. The second-order valence-corrected chi connectivity index (χ2v) is 9.58. The Labute approximate surface area is 174 Å². The summed E-state index contributed by atoms with van der Waals surface area (Å²) in [6, 6.07) is 15.9. The molecule has 0 aromatic heterocycles. The topological polar surface area (TPSA) is 66.5 Å². The number of nitrogens with one attached hydrogen (secondary N) is 1. The summed E-state index contributed by atoms with van der Waals surface area (Å²) in [5.41, 5.74) is 4.32. The van der Waals surface area contributed by atoms with Crippen molar-refractivity contribution in [1.29, 1.82) is 0 Å². The summed E-state index contributed by atoms with van der Waals surface area (Å²) < 4.78 is 25.9. The molecule has 0 aliphatic heterocycles. The monoisotopic (exact) mass is 414 g/mol. The van der Waals surface area contributed by atoms with E-state index >= 15 is 0 Å². The highest BCUT2D eigenvalue weighted by Crippen LogP contribution is 2.29. The zero-order valence-corrected chi connectivity index (χ0v) is 18.0. The van der Waals surface area contributed by atoms with E-state index in [0.29, 0.717) is 25.1 Å². The van der Waals surface area contributed by atoms with E-state index in [4.69, 9.17) is 0 Å². The zero-order chi connectivity index (χ0) is 20.9. The SMILES string of the molecule is CCc1ccc(N(CCCC(=O)N[C@H]2CCCc3ccccc32)S(C)(=O)=O)cc1. The standard InChI is InChI=1S/C23H30N2O3S/c1-3-18-13-15-20(16-14-18)25(29(2,27)28)17-7-12-23(26)24-22-11-6-9-19-8-4-5-10-21(19)22/h4-5,8,10,13-16,22H,3,6-7,9,11-12,17H2,1-2H3,(H,24,26)/t22-/m0/s1. The predicted octanol–water partition coefficient (Wildman–Crippen LogP) is 3.99. The molecule has 2 aromatic carbocycles. The number of anilines is 1. The van der Waals surface area contributed by atoms with Crippen LogP contribution in [0.3, 0.4) is 0 Å². The molecule has 0 saturated heterocycles. The molecule has 6 heteroatoms. The van der Waals surface area contributed by atoms with Crippen LogP contribution in [0.15, 0.2) is 48.5 Å². The molecular weight excluding hydrogens is 384 g/mol. The summed E-state index contributed by atoms with van der Waals surface area (Å²) in [6.45, 7) is 2.35. The number of fused-ring (bicyclic) bond motifs is 1. The minimum absolute atomic E-state index is 0.0264. The fourth-order valence-electron chi connectivity index (χ4n) is 3.94. The number of nitrogens with zero attached hydrogens (tertiary/aromatic N) is 1. The minimum Gasteiger partial charge on any atom is -0.349 e. The van der Waals surface area contributed by atoms with Gasteiger partial charge >= 0.3 is 0 Å². The largest absolute Gasteiger partial charge is 0.349 e. The Bertz CT molecular complexity index is 939. The third-order valence-electron chi connectivity index (χ3n) is 5.50. The van der Waals surface area contributed by atoms with Gasteiger partial charge in [-0.2, -0.15) is 0 Å². The van der Waals surface area contributed by atoms with Crippen LogP contribution in [0.25, 0.3) is 0 Å². The van der Waals surface area contributed by atoms with Crippen LogP contribution in [-0.4, -0.2) is 27.1 Å². The first kappa shape index (κ1) is 21.4. The van der Waals surface area contributed by atoms with Crippen molar-refractivity contribution >= 4 is 21.6 Å². The van der Waals surface area contributed by atoms with Gasteiger partial charge in [0.25, 0.3) is 0 Å². The molecule has 29 heavy (non-hydrogen) atoms. The predicted molar refractivity (Wildman–Crippen MR) is 118 cm³/mol. The van der Waals surface area contributed by atoms with Crippen molar-refractivity contribution in [1.82, 2.24) is 5.32 Å². The van der Waals surface area contributed by atoms with Gasteiger partial charge in [-0.05, 0) is 60.9 Å². The van der Waals surface area contributed by atoms with Crippen LogP contribution in [0.1, 0.15) is 55.3 Å². The summed E-state index contributed by atoms with van der Waals surface area (Å²) in [5, 5.41) is 3.14. The Morgan fingerprint density at radius 2 is 1.86 bits per heavy atom. The summed E-state index contributed by atoms with van der Waals surface area (Å²) in [5.74, 6) is -0.0264. The van der Waals surface area contributed by atoms with Gasteiger partial charge in [0.1, 0.15) is 0 Å². The van der Waals surface area contributed by atoms with Crippen LogP contribution in [0.4, 0.5) is 5.69 Å². The van der Waals surface area contributed by atoms with E-state index in [9.17, 15) is 13.2 Å². The number of sulfonamides is 1. The molecule has 2 aromatic rings. The third-order valence-corrected chi connectivity index (χ3v) is 6.70. The van der Waals surface area contributed by atoms with Crippen LogP contribution < -0.4 is 9.62 Å². The molecule has 0 spiro atoms. The molecule has 1 aliphatic carbocycles. The van der Waals surface area contributed by atoms with Crippen LogP contribution >= 0.6 is 0 Å². The van der Waals surface area contributed by atoms with Gasteiger partial charge in [-0.1, -0.05) is 43.3 Å². The lowest BCUT2D eigenvalue weighted by Crippen LogP contribution is -2.33. The number of carbonyl (C=O) groups excluding carboxylic acids is 1. The van der Waals surface area contributed by atoms with Gasteiger partial charge in [-0.3, -0.25) is 9.10 Å². The van der Waals surface area contributed by atoms with E-state index in [1.54, 1.807) is 0 Å². The van der Waals surface area contributed by atoms with Crippen molar-refractivity contribution in [2.24, 2.45) is 0 Å². The first-order valence-corrected chi connectivity index (χ1v) is 12.2. The second-order valence-electron chi connectivity index (χ2n) is 7.67. The normalized spacial score (nSPS) is 16.1. The van der Waals surface area contributed by atoms with Gasteiger partial charge in [0.05, 0.1) is 18.0 Å². The molecule has 1 amide bonds. The molecule has 1 aliphatic rings. The zero-order valence-electron chi connectivity index (χ0n) is 17.2. The molecule has 0 saturated carbocycles. The fourth-order valence-corrected chi connectivity index (χ4v) is 4.90. The van der Waals surface area contributed by atoms with Gasteiger partial charge in [-0.15, -0.1) is 0 Å². The maximum atomic E-state index is 12.5. The van der Waals surface area contributed by atoms with E-state index in [1.807, 2.05) is 36.4 Å². The molecule has 0 bridgehead atoms. The summed E-state index contributed by atoms with van der Waals surface area (Å²) in [4.78, 5) is 12.5. The number of amides is 1. The average molecular weight is 415 g/mol. The number of aryl methyl sites for hydroxylation is 2. The molecule has 3 rings (SSSR count). The van der Waals surface area contributed by atoms with E-state index in [-0.39, 0.29) is 11.9 Å². The molecule has 0 fully saturated rings. The van der Waals surface area contributed by atoms with Gasteiger partial charge < -0.3 is 5.32 Å². The van der Waals surface area contributed by atoms with Gasteiger partial charge in [0.15, 0.2) is 0 Å². The van der Waals surface area contributed by atoms with Crippen LogP contribution in [-0.2, 0) is 27.7 Å². The van der Waals surface area contributed by atoms with Gasteiger partial charge in [-0.25, -0.2) is 8.42 Å². The third kappa shape index (κ3) is 5.60. The molecular formula is C23H30N2O3S. The first-order valence-electron chi connectivity index (χ1n) is 10.3. The molecule has 0 heterocycles. The van der Waals surface area contributed by atoms with E-state index in [1.165, 1.54) is 21.7 Å². The quantitative estimate of drug-likeness (QED) is 0.710. The van der Waals surface area contributed by atoms with Crippen LogP contribution in [0.5, 0.6) is 0 Å². The van der Waals surface area contributed by atoms with Crippen molar-refractivity contribution in [3.05, 3.63) is 65.2 Å². The Balaban J connectivity index is 1.58. The first-order chi connectivity index (χ1) is 13.9. The number of hydrogen-bond acceptors (Lipinski definition) is 3. The Kier molecular flexibility index (Phi) is 6.96. The molecule has 1 atom stereocenters. The van der Waals surface area contributed by atoms with Crippen LogP contribution in [0, 0.1) is 0 Å². The maximum Gasteiger partial charge on any atom is 0.232 e. The Morgan fingerprint density at radius 1 is 1.14 bits per heavy atom. The van der Waals surface area contributed by atoms with Crippen molar-refractivity contribution in [2.45, 2.75) is 51.5 Å². The molecule has 0 unspecified atom stereocenters. The van der Waals surface area contributed by atoms with Gasteiger partial charge in [0.2, 0.25) is 15.9 Å². The number of hydrogen-bond donors (Lipinski definition) is 1. The minimum atomic E-state index is -3.40. The number of benzene rings is 2. The smallest absolute Gasteiger partial charge is 0.232 e. The van der Waals surface area contributed by atoms with Crippen LogP contribution in [0.2, 0.25) is 0 Å². The van der Waals surface area contributed by atoms with Crippen molar-refractivity contribution in [3.63, 3.8) is 0 Å². The van der Waals surface area contributed by atoms with Crippen molar-refractivity contribution < 1.29 is 13.2 Å². The lowest BCUT2D eigenvalue weighted by Gasteiger charge is -2.26. The van der Waals surface area contributed by atoms with Crippen molar-refractivity contribution in [3.8, 4) is 0 Å². The van der Waals surface area contributed by atoms with E-state index < -0.39 is 10.0 Å². The second kappa shape index (κ2) is 9.44. The highest BCUT2D eigenvalue weighted by molar-refractivity contribution is 7.92. The van der Waals surface area contributed by atoms with E-state index in [2.05, 4.69) is 24.4 Å². The highest BCUT2D eigenvalue weighted by Gasteiger charge is 2.22. The Morgan fingerprint density at radius 3 is 2.55 bits per heavy atom. The lowest BCUT2D eigenvalue weighted by molar-refractivity contribution is -0.122. The molecule has 0 radical (unpaired) electrons. The summed E-state index contributed by atoms with van der Waals surface area (Å²) in [6.07, 6.45) is 5.96. The molecule has 5 nitrogen and oxygen atoms in total. The maximum absolute atomic E-state index is 12.5. The summed E-state index contributed by atoms with van der Waals surface area (Å²) >= 11 is 0. The lowest BCUT2D eigenvalue weighted by atomic mass is 9.87. The fraction of sp³-hybridized carbons (Fsp3) is 0.435. The molecule has 1 N–H and O–H groups in total. The van der Waals surface area contributed by atoms with Crippen molar-refractivity contribution in [2.75, 3.05) is 17.1 Å². The summed E-state index contributed by atoms with van der Waals surface area (Å²) in [7, 11) is -3.40. The molecule has 156 valence electrons. The average Bonchev–Trinajstić information content (AvgIpc) is 2.71. The van der Waals surface area contributed by atoms with E-state index in [0.717, 1.165) is 31.2 Å². The Hall–Kier alpha value is -2.34. The highest BCUT2D eigenvalue weighted by atomic mass is 32.2. The number of rotatable bonds is 8. The van der Waals surface area contributed by atoms with Gasteiger partial charge in [0, 0.05) is 13.0 Å².